The number of esters is 1. The summed E-state index contributed by atoms with van der Waals surface area (Å²) in [6.45, 7) is 1.43. The molecule has 2 heterocycles. The molecule has 196 valence electrons. The normalized spacial score (nSPS) is 12.0. The van der Waals surface area contributed by atoms with E-state index in [4.69, 9.17) is 9.15 Å². The van der Waals surface area contributed by atoms with Gasteiger partial charge in [0.15, 0.2) is 11.7 Å². The van der Waals surface area contributed by atoms with Crippen LogP contribution in [-0.4, -0.2) is 41.4 Å². The molecule has 0 bridgehead atoms. The van der Waals surface area contributed by atoms with Crippen molar-refractivity contribution in [3.63, 3.8) is 0 Å². The number of anilines is 2. The summed E-state index contributed by atoms with van der Waals surface area (Å²) in [4.78, 5) is 37.7. The zero-order valence-corrected chi connectivity index (χ0v) is 21.3. The van der Waals surface area contributed by atoms with Gasteiger partial charge in [0.1, 0.15) is 5.52 Å². The first-order valence-electron chi connectivity index (χ1n) is 11.7. The summed E-state index contributed by atoms with van der Waals surface area (Å²) in [5.74, 6) is -1.15. The van der Waals surface area contributed by atoms with E-state index < -0.39 is 28.0 Å². The number of ether oxygens (including phenoxy) is 1. The summed E-state index contributed by atoms with van der Waals surface area (Å²) < 4.78 is 38.5. The van der Waals surface area contributed by atoms with Crippen LogP contribution in [0.4, 0.5) is 11.6 Å². The zero-order chi connectivity index (χ0) is 27.4. The number of nitrogens with one attached hydrogen (secondary N) is 2. The minimum Gasteiger partial charge on any atom is -0.449 e. The van der Waals surface area contributed by atoms with Crippen LogP contribution in [0.1, 0.15) is 17.3 Å². The first-order chi connectivity index (χ1) is 18.8. The fourth-order valence-electron chi connectivity index (χ4n) is 3.60. The largest absolute Gasteiger partial charge is 0.449 e. The molecule has 1 amide bonds. The molecule has 5 aromatic rings. The summed E-state index contributed by atoms with van der Waals surface area (Å²) in [6, 6.07) is 20.9. The predicted octanol–water partition coefficient (Wildman–Crippen LogP) is 4.27. The van der Waals surface area contributed by atoms with Gasteiger partial charge in [-0.15, -0.1) is 0 Å². The van der Waals surface area contributed by atoms with Gasteiger partial charge in [0.05, 0.1) is 16.0 Å². The van der Waals surface area contributed by atoms with Crippen molar-refractivity contribution < 1.29 is 27.2 Å². The Morgan fingerprint density at radius 2 is 1.59 bits per heavy atom. The first kappa shape index (κ1) is 25.5. The molecule has 0 saturated heterocycles. The maximum Gasteiger partial charge on any atom is 0.339 e. The van der Waals surface area contributed by atoms with Crippen LogP contribution in [0.2, 0.25) is 0 Å². The number of aromatic nitrogens is 3. The van der Waals surface area contributed by atoms with Gasteiger partial charge in [-0.05, 0) is 61.5 Å². The summed E-state index contributed by atoms with van der Waals surface area (Å²) in [7, 11) is -3.93. The lowest BCUT2D eigenvalue weighted by molar-refractivity contribution is -0.123. The van der Waals surface area contributed by atoms with Gasteiger partial charge in [0.25, 0.3) is 15.9 Å². The lowest BCUT2D eigenvalue weighted by atomic mass is 10.1. The van der Waals surface area contributed by atoms with E-state index in [1.165, 1.54) is 43.6 Å². The number of nitrogens with zero attached hydrogens (tertiary/aromatic N) is 3. The zero-order valence-electron chi connectivity index (χ0n) is 20.4. The predicted molar refractivity (Wildman–Crippen MR) is 142 cm³/mol. The highest BCUT2D eigenvalue weighted by Crippen LogP contribution is 2.27. The smallest absolute Gasteiger partial charge is 0.339 e. The van der Waals surface area contributed by atoms with E-state index in [0.717, 1.165) is 0 Å². The van der Waals surface area contributed by atoms with Crippen LogP contribution in [0.25, 0.3) is 22.6 Å². The second-order valence-electron chi connectivity index (χ2n) is 8.27. The maximum atomic E-state index is 13.0. The van der Waals surface area contributed by atoms with Crippen LogP contribution in [0, 0.1) is 0 Å². The molecule has 0 aliphatic heterocycles. The number of amides is 1. The number of oxazole rings is 1. The van der Waals surface area contributed by atoms with Gasteiger partial charge in [0.2, 0.25) is 11.8 Å². The second kappa shape index (κ2) is 10.7. The number of fused-ring (bicyclic) bond motifs is 1. The minimum atomic E-state index is -3.93. The Kier molecular flexibility index (Phi) is 7.02. The highest BCUT2D eigenvalue weighted by atomic mass is 32.2. The summed E-state index contributed by atoms with van der Waals surface area (Å²) >= 11 is 0. The Labute approximate surface area is 222 Å². The Bertz CT molecular complexity index is 1720. The van der Waals surface area contributed by atoms with Crippen LogP contribution in [0.15, 0.2) is 101 Å². The minimum absolute atomic E-state index is 0.0526. The number of carbonyl (C=O) groups excluding carboxylic acids is 2. The quantitative estimate of drug-likeness (QED) is 0.273. The van der Waals surface area contributed by atoms with Gasteiger partial charge >= 0.3 is 5.97 Å². The number of rotatable bonds is 8. The number of hydrogen-bond donors (Lipinski definition) is 2. The molecule has 0 radical (unpaired) electrons. The van der Waals surface area contributed by atoms with Crippen molar-refractivity contribution >= 4 is 44.6 Å². The Morgan fingerprint density at radius 3 is 2.33 bits per heavy atom. The third-order valence-corrected chi connectivity index (χ3v) is 6.89. The SMILES string of the molecule is CC(OC(=O)c1ccccc1-c1nc2ccccc2o1)C(=O)Nc1ccc(S(=O)(=O)Nc2ncccn2)cc1. The van der Waals surface area contributed by atoms with Gasteiger partial charge in [-0.3, -0.25) is 4.79 Å². The summed E-state index contributed by atoms with van der Waals surface area (Å²) in [5.41, 5.74) is 2.15. The summed E-state index contributed by atoms with van der Waals surface area (Å²) in [6.07, 6.45) is 1.66. The van der Waals surface area contributed by atoms with Crippen molar-refractivity contribution in [2.24, 2.45) is 0 Å². The van der Waals surface area contributed by atoms with Crippen LogP contribution in [0.3, 0.4) is 0 Å². The van der Waals surface area contributed by atoms with E-state index in [-0.39, 0.29) is 22.3 Å². The Balaban J connectivity index is 1.24. The number of carbonyl (C=O) groups is 2. The van der Waals surface area contributed by atoms with Gasteiger partial charge in [0, 0.05) is 18.1 Å². The van der Waals surface area contributed by atoms with E-state index in [1.807, 2.05) is 12.1 Å². The van der Waals surface area contributed by atoms with Crippen LogP contribution in [0.5, 0.6) is 0 Å². The van der Waals surface area contributed by atoms with Crippen molar-refractivity contribution in [1.82, 2.24) is 15.0 Å². The molecule has 12 heteroatoms. The molecule has 39 heavy (non-hydrogen) atoms. The van der Waals surface area contributed by atoms with E-state index in [9.17, 15) is 18.0 Å². The molecule has 5 rings (SSSR count). The highest BCUT2D eigenvalue weighted by molar-refractivity contribution is 7.92. The van der Waals surface area contributed by atoms with E-state index in [0.29, 0.717) is 22.4 Å². The Morgan fingerprint density at radius 1 is 0.897 bits per heavy atom. The maximum absolute atomic E-state index is 13.0. The molecule has 3 aromatic carbocycles. The molecule has 1 atom stereocenters. The van der Waals surface area contributed by atoms with Crippen molar-refractivity contribution in [2.75, 3.05) is 10.0 Å². The lowest BCUT2D eigenvalue weighted by Gasteiger charge is -2.15. The number of hydrogen-bond acceptors (Lipinski definition) is 9. The van der Waals surface area contributed by atoms with E-state index in [1.54, 1.807) is 42.5 Å². The molecule has 0 aliphatic carbocycles. The fourth-order valence-corrected chi connectivity index (χ4v) is 4.56. The molecule has 11 nitrogen and oxygen atoms in total. The molecule has 0 saturated carbocycles. The average molecular weight is 544 g/mol. The lowest BCUT2D eigenvalue weighted by Crippen LogP contribution is -2.30. The van der Waals surface area contributed by atoms with Crippen LogP contribution < -0.4 is 10.0 Å². The molecular weight excluding hydrogens is 522 g/mol. The van der Waals surface area contributed by atoms with Gasteiger partial charge in [-0.25, -0.2) is 32.9 Å². The number of benzene rings is 3. The molecule has 2 aromatic heterocycles. The monoisotopic (exact) mass is 543 g/mol. The molecular formula is C27H21N5O6S. The first-order valence-corrected chi connectivity index (χ1v) is 13.2. The third-order valence-electron chi connectivity index (χ3n) is 5.55. The second-order valence-corrected chi connectivity index (χ2v) is 9.95. The highest BCUT2D eigenvalue weighted by Gasteiger charge is 2.23. The van der Waals surface area contributed by atoms with E-state index in [2.05, 4.69) is 25.0 Å². The summed E-state index contributed by atoms with van der Waals surface area (Å²) in [5, 5.41) is 2.60. The molecule has 2 N–H and O–H groups in total. The van der Waals surface area contributed by atoms with Crippen molar-refractivity contribution in [2.45, 2.75) is 17.9 Å². The van der Waals surface area contributed by atoms with Gasteiger partial charge in [-0.2, -0.15) is 0 Å². The fraction of sp³-hybridized carbons (Fsp3) is 0.0741. The molecule has 0 spiro atoms. The van der Waals surface area contributed by atoms with Crippen LogP contribution in [-0.2, 0) is 19.6 Å². The standard InChI is InChI=1S/C27H21N5O6S/c1-17(24(33)30-18-11-13-19(14-12-18)39(35,36)32-27-28-15-6-16-29-27)37-26(34)21-8-3-2-7-20(21)25-31-22-9-4-5-10-23(22)38-25/h2-17H,1H3,(H,30,33)(H,28,29,32). The molecule has 1 unspecified atom stereocenters. The Hall–Kier alpha value is -5.10. The van der Waals surface area contributed by atoms with E-state index >= 15 is 0 Å². The van der Waals surface area contributed by atoms with Crippen molar-refractivity contribution in [1.29, 1.82) is 0 Å². The average Bonchev–Trinajstić information content (AvgIpc) is 3.38. The van der Waals surface area contributed by atoms with Crippen molar-refractivity contribution in [3.05, 3.63) is 96.8 Å². The van der Waals surface area contributed by atoms with Crippen molar-refractivity contribution in [3.8, 4) is 11.5 Å². The van der Waals surface area contributed by atoms with Gasteiger partial charge < -0.3 is 14.5 Å². The topological polar surface area (TPSA) is 153 Å². The number of sulfonamides is 1. The molecule has 0 fully saturated rings. The van der Waals surface area contributed by atoms with Gasteiger partial charge in [-0.1, -0.05) is 24.3 Å². The molecule has 0 aliphatic rings. The van der Waals surface area contributed by atoms with Crippen LogP contribution >= 0.6 is 0 Å². The third kappa shape index (κ3) is 5.75. The number of para-hydroxylation sites is 2.